The number of benzene rings is 2. The van der Waals surface area contributed by atoms with Crippen molar-refractivity contribution in [2.75, 3.05) is 0 Å². The minimum atomic E-state index is 0.709. The Balaban J connectivity index is 1.61. The number of rotatable bonds is 2. The van der Waals surface area contributed by atoms with Gasteiger partial charge < -0.3 is 4.42 Å². The highest BCUT2D eigenvalue weighted by molar-refractivity contribution is 6.19. The zero-order valence-corrected chi connectivity index (χ0v) is 17.5. The molecule has 5 aromatic rings. The van der Waals surface area contributed by atoms with Gasteiger partial charge in [-0.25, -0.2) is 9.55 Å². The fourth-order valence-corrected chi connectivity index (χ4v) is 5.27. The van der Waals surface area contributed by atoms with Crippen LogP contribution >= 0.6 is 0 Å². The van der Waals surface area contributed by atoms with Gasteiger partial charge in [0.05, 0.1) is 10.9 Å². The number of hydrogen-bond donors (Lipinski definition) is 0. The number of hydrogen-bond acceptors (Lipinski definition) is 2. The van der Waals surface area contributed by atoms with Crippen LogP contribution in [0, 0.1) is 6.92 Å². The molecule has 1 fully saturated rings. The number of pyridine rings is 2. The highest BCUT2D eigenvalue weighted by Crippen LogP contribution is 2.39. The maximum Gasteiger partial charge on any atom is 0.227 e. The summed E-state index contributed by atoms with van der Waals surface area (Å²) in [4.78, 5) is 4.63. The summed E-state index contributed by atoms with van der Waals surface area (Å²) < 4.78 is 8.66. The van der Waals surface area contributed by atoms with E-state index in [1.54, 1.807) is 0 Å². The highest BCUT2D eigenvalue weighted by atomic mass is 16.3. The van der Waals surface area contributed by atoms with Crippen LogP contribution in [0.25, 0.3) is 44.1 Å². The smallest absolute Gasteiger partial charge is 0.227 e. The van der Waals surface area contributed by atoms with Gasteiger partial charge in [0.1, 0.15) is 7.05 Å². The van der Waals surface area contributed by atoms with Gasteiger partial charge in [0.25, 0.3) is 0 Å². The molecule has 0 aliphatic heterocycles. The number of fused-ring (bicyclic) bond motifs is 5. The van der Waals surface area contributed by atoms with Crippen molar-refractivity contribution in [3.05, 3.63) is 72.1 Å². The summed E-state index contributed by atoms with van der Waals surface area (Å²) >= 11 is 0. The zero-order chi connectivity index (χ0) is 20.2. The molecule has 148 valence electrons. The van der Waals surface area contributed by atoms with Gasteiger partial charge in [-0.1, -0.05) is 49.2 Å². The van der Waals surface area contributed by atoms with E-state index in [2.05, 4.69) is 78.3 Å². The third kappa shape index (κ3) is 2.58. The molecule has 0 amide bonds. The van der Waals surface area contributed by atoms with E-state index in [4.69, 9.17) is 4.42 Å². The summed E-state index contributed by atoms with van der Waals surface area (Å²) in [5.41, 5.74) is 6.66. The zero-order valence-electron chi connectivity index (χ0n) is 17.5. The Labute approximate surface area is 176 Å². The monoisotopic (exact) mass is 393 g/mol. The molecule has 1 saturated carbocycles. The van der Waals surface area contributed by atoms with E-state index in [1.165, 1.54) is 47.9 Å². The lowest BCUT2D eigenvalue weighted by molar-refractivity contribution is -0.660. The molecule has 1 aliphatic carbocycles. The molecule has 2 aromatic carbocycles. The van der Waals surface area contributed by atoms with Gasteiger partial charge in [0.2, 0.25) is 11.4 Å². The fourth-order valence-electron chi connectivity index (χ4n) is 5.27. The van der Waals surface area contributed by atoms with E-state index in [0.29, 0.717) is 11.6 Å². The van der Waals surface area contributed by atoms with Crippen LogP contribution in [0.5, 0.6) is 0 Å². The lowest BCUT2D eigenvalue weighted by Gasteiger charge is -2.10. The predicted octanol–water partition coefficient (Wildman–Crippen LogP) is 6.59. The fraction of sp³-hybridized carbons (Fsp3) is 0.259. The molecule has 6 rings (SSSR count). The van der Waals surface area contributed by atoms with Gasteiger partial charge in [0, 0.05) is 28.6 Å². The van der Waals surface area contributed by atoms with Crippen molar-refractivity contribution in [2.24, 2.45) is 7.05 Å². The van der Waals surface area contributed by atoms with E-state index in [0.717, 1.165) is 27.3 Å². The van der Waals surface area contributed by atoms with Crippen LogP contribution in [0.2, 0.25) is 0 Å². The van der Waals surface area contributed by atoms with Crippen molar-refractivity contribution >= 4 is 32.8 Å². The Bertz CT molecular complexity index is 1420. The minimum absolute atomic E-state index is 0.709. The van der Waals surface area contributed by atoms with Gasteiger partial charge in [0.15, 0.2) is 11.8 Å². The summed E-state index contributed by atoms with van der Waals surface area (Å²) in [5, 5.41) is 4.57. The average molecular weight is 394 g/mol. The van der Waals surface area contributed by atoms with Crippen LogP contribution in [0.1, 0.15) is 42.7 Å². The molecule has 0 N–H and O–H groups in total. The summed E-state index contributed by atoms with van der Waals surface area (Å²) in [6, 6.07) is 17.4. The van der Waals surface area contributed by atoms with Crippen LogP contribution in [0.15, 0.2) is 65.3 Å². The van der Waals surface area contributed by atoms with Gasteiger partial charge in [-0.2, -0.15) is 0 Å². The van der Waals surface area contributed by atoms with Gasteiger partial charge >= 0.3 is 0 Å². The lowest BCUT2D eigenvalue weighted by atomic mass is 9.96. The standard InChI is InChI=1S/C27H25N2O/c1-17-11-13-22-25-21-10-6-5-9-19(21)15-28-27(25)30-26(22)24(17)23-14-12-20(16-29(23)2)18-7-3-4-8-18/h5-6,9-16,18H,3-4,7-8H2,1-2H3/q+1. The van der Waals surface area contributed by atoms with Crippen LogP contribution in [-0.4, -0.2) is 4.98 Å². The Morgan fingerprint density at radius 1 is 0.967 bits per heavy atom. The normalized spacial score (nSPS) is 15.0. The molecule has 3 heteroatoms. The van der Waals surface area contributed by atoms with Crippen LogP contribution in [-0.2, 0) is 7.05 Å². The van der Waals surface area contributed by atoms with Crippen LogP contribution in [0.3, 0.4) is 0 Å². The van der Waals surface area contributed by atoms with E-state index < -0.39 is 0 Å². The van der Waals surface area contributed by atoms with E-state index in [9.17, 15) is 0 Å². The third-order valence-corrected chi connectivity index (χ3v) is 6.84. The van der Waals surface area contributed by atoms with Gasteiger partial charge in [-0.3, -0.25) is 0 Å². The molecule has 0 unspecified atom stereocenters. The molecule has 0 bridgehead atoms. The quantitative estimate of drug-likeness (QED) is 0.317. The molecular formula is C27H25N2O+. The molecular weight excluding hydrogens is 368 g/mol. The first-order chi connectivity index (χ1) is 14.7. The molecule has 0 spiro atoms. The Morgan fingerprint density at radius 2 is 1.80 bits per heavy atom. The first kappa shape index (κ1) is 17.6. The molecule has 0 radical (unpaired) electrons. The number of aromatic nitrogens is 2. The van der Waals surface area contributed by atoms with Gasteiger partial charge in [-0.15, -0.1) is 0 Å². The van der Waals surface area contributed by atoms with E-state index >= 15 is 0 Å². The average Bonchev–Trinajstić information content (AvgIpc) is 3.42. The Hall–Kier alpha value is -3.20. The van der Waals surface area contributed by atoms with Crippen molar-refractivity contribution < 1.29 is 8.98 Å². The molecule has 0 saturated heterocycles. The first-order valence-corrected chi connectivity index (χ1v) is 10.9. The van der Waals surface area contributed by atoms with E-state index in [1.807, 2.05) is 6.20 Å². The van der Waals surface area contributed by atoms with Crippen molar-refractivity contribution in [1.82, 2.24) is 4.98 Å². The number of aryl methyl sites for hydroxylation is 2. The molecule has 1 aliphatic rings. The number of furan rings is 1. The second-order valence-electron chi connectivity index (χ2n) is 8.70. The van der Waals surface area contributed by atoms with Gasteiger partial charge in [-0.05, 0) is 42.7 Å². The molecule has 3 heterocycles. The summed E-state index contributed by atoms with van der Waals surface area (Å²) in [6.45, 7) is 2.17. The SMILES string of the molecule is Cc1ccc2c(oc3ncc4ccccc4c32)c1-c1ccc(C2CCCC2)c[n+]1C. The Morgan fingerprint density at radius 3 is 2.63 bits per heavy atom. The highest BCUT2D eigenvalue weighted by Gasteiger charge is 2.24. The van der Waals surface area contributed by atoms with Crippen LogP contribution in [0.4, 0.5) is 0 Å². The predicted molar refractivity (Wildman–Crippen MR) is 122 cm³/mol. The summed E-state index contributed by atoms with van der Waals surface area (Å²) in [5.74, 6) is 0.712. The van der Waals surface area contributed by atoms with Crippen molar-refractivity contribution in [2.45, 2.75) is 38.5 Å². The third-order valence-electron chi connectivity index (χ3n) is 6.84. The van der Waals surface area contributed by atoms with E-state index in [-0.39, 0.29) is 0 Å². The summed E-state index contributed by atoms with van der Waals surface area (Å²) in [6.07, 6.45) is 9.57. The van der Waals surface area contributed by atoms with Crippen molar-refractivity contribution in [1.29, 1.82) is 0 Å². The molecule has 3 nitrogen and oxygen atoms in total. The Kier molecular flexibility index (Phi) is 3.92. The first-order valence-electron chi connectivity index (χ1n) is 10.9. The second kappa shape index (κ2) is 6.66. The molecule has 30 heavy (non-hydrogen) atoms. The molecule has 0 atom stereocenters. The largest absolute Gasteiger partial charge is 0.437 e. The lowest BCUT2D eigenvalue weighted by Crippen LogP contribution is -2.31. The maximum absolute atomic E-state index is 6.39. The minimum Gasteiger partial charge on any atom is -0.437 e. The topological polar surface area (TPSA) is 29.9 Å². The second-order valence-corrected chi connectivity index (χ2v) is 8.70. The summed E-state index contributed by atoms with van der Waals surface area (Å²) in [7, 11) is 2.16. The van der Waals surface area contributed by atoms with Crippen molar-refractivity contribution in [3.8, 4) is 11.3 Å². The number of nitrogens with zero attached hydrogens (tertiary/aromatic N) is 2. The maximum atomic E-state index is 6.39. The van der Waals surface area contributed by atoms with Crippen molar-refractivity contribution in [3.63, 3.8) is 0 Å². The van der Waals surface area contributed by atoms with Crippen LogP contribution < -0.4 is 4.57 Å². The molecule has 3 aromatic heterocycles.